The van der Waals surface area contributed by atoms with Gasteiger partial charge < -0.3 is 15.6 Å². The van der Waals surface area contributed by atoms with Crippen molar-refractivity contribution >= 4 is 28.5 Å². The Kier molecular flexibility index (Phi) is 5.26. The summed E-state index contributed by atoms with van der Waals surface area (Å²) >= 11 is 1.48. The fraction of sp³-hybridized carbons (Fsp3) is 0.267. The Morgan fingerprint density at radius 1 is 1.25 bits per heavy atom. The van der Waals surface area contributed by atoms with Gasteiger partial charge in [-0.05, 0) is 22.9 Å². The van der Waals surface area contributed by atoms with Crippen LogP contribution in [0.15, 0.2) is 42.5 Å². The summed E-state index contributed by atoms with van der Waals surface area (Å²) in [5.41, 5.74) is 5.41. The molecule has 4 nitrogen and oxygen atoms in total. The van der Waals surface area contributed by atoms with E-state index in [1.54, 1.807) is 0 Å². The quantitative estimate of drug-likeness (QED) is 0.766. The van der Waals surface area contributed by atoms with Crippen LogP contribution in [0.3, 0.4) is 0 Å². The molecule has 5 heteroatoms. The summed E-state index contributed by atoms with van der Waals surface area (Å²) in [5.74, 6) is 0.976. The van der Waals surface area contributed by atoms with Gasteiger partial charge in [-0.2, -0.15) is 11.8 Å². The lowest BCUT2D eigenvalue weighted by molar-refractivity contribution is -0.137. The third kappa shape index (κ3) is 4.15. The second-order valence-corrected chi connectivity index (χ2v) is 5.53. The molecular formula is C15H17NO3S. The predicted octanol–water partition coefficient (Wildman–Crippen LogP) is 2.36. The SMILES string of the molecule is N[C@H](CSCCOc1ccc2ccccc2c1)C(=O)O. The fourth-order valence-electron chi connectivity index (χ4n) is 1.76. The predicted molar refractivity (Wildman–Crippen MR) is 82.4 cm³/mol. The van der Waals surface area contributed by atoms with Crippen LogP contribution in [-0.4, -0.2) is 35.2 Å². The smallest absolute Gasteiger partial charge is 0.321 e. The maximum Gasteiger partial charge on any atom is 0.321 e. The molecule has 0 radical (unpaired) electrons. The maximum atomic E-state index is 10.5. The molecule has 3 N–H and O–H groups in total. The van der Waals surface area contributed by atoms with Crippen molar-refractivity contribution in [3.63, 3.8) is 0 Å². The molecule has 2 rings (SSSR count). The zero-order valence-corrected chi connectivity index (χ0v) is 11.8. The first-order chi connectivity index (χ1) is 9.66. The van der Waals surface area contributed by atoms with Crippen LogP contribution in [0.2, 0.25) is 0 Å². The second-order valence-electron chi connectivity index (χ2n) is 4.38. The highest BCUT2D eigenvalue weighted by Gasteiger charge is 2.10. The average Bonchev–Trinajstić information content (AvgIpc) is 2.46. The van der Waals surface area contributed by atoms with Crippen LogP contribution < -0.4 is 10.5 Å². The summed E-state index contributed by atoms with van der Waals surface area (Å²) in [6.07, 6.45) is 0. The number of hydrogen-bond acceptors (Lipinski definition) is 4. The van der Waals surface area contributed by atoms with Gasteiger partial charge in [-0.25, -0.2) is 0 Å². The minimum atomic E-state index is -0.965. The normalized spacial score (nSPS) is 12.2. The molecule has 0 saturated carbocycles. The third-order valence-electron chi connectivity index (χ3n) is 2.83. The number of ether oxygens (including phenoxy) is 1. The highest BCUT2D eigenvalue weighted by atomic mass is 32.2. The molecule has 0 aromatic heterocycles. The molecular weight excluding hydrogens is 274 g/mol. The van der Waals surface area contributed by atoms with Gasteiger partial charge in [0, 0.05) is 11.5 Å². The number of aliphatic carboxylic acids is 1. The summed E-state index contributed by atoms with van der Waals surface area (Å²) in [5, 5.41) is 11.0. The molecule has 2 aromatic carbocycles. The largest absolute Gasteiger partial charge is 0.493 e. The summed E-state index contributed by atoms with van der Waals surface area (Å²) in [6.45, 7) is 0.537. The van der Waals surface area contributed by atoms with E-state index in [4.69, 9.17) is 15.6 Å². The van der Waals surface area contributed by atoms with Gasteiger partial charge in [0.05, 0.1) is 6.61 Å². The number of nitrogens with two attached hydrogens (primary N) is 1. The molecule has 20 heavy (non-hydrogen) atoms. The van der Waals surface area contributed by atoms with E-state index >= 15 is 0 Å². The Labute approximate surface area is 121 Å². The number of fused-ring (bicyclic) bond motifs is 1. The summed E-state index contributed by atoms with van der Waals surface area (Å²) in [4.78, 5) is 10.5. The third-order valence-corrected chi connectivity index (χ3v) is 3.88. The topological polar surface area (TPSA) is 72.5 Å². The highest BCUT2D eigenvalue weighted by molar-refractivity contribution is 7.99. The maximum absolute atomic E-state index is 10.5. The summed E-state index contributed by atoms with van der Waals surface area (Å²) < 4.78 is 5.65. The van der Waals surface area contributed by atoms with E-state index in [1.165, 1.54) is 17.1 Å². The van der Waals surface area contributed by atoms with E-state index in [0.29, 0.717) is 18.1 Å². The monoisotopic (exact) mass is 291 g/mol. The van der Waals surface area contributed by atoms with Gasteiger partial charge in [0.2, 0.25) is 0 Å². The molecule has 0 aliphatic heterocycles. The van der Waals surface area contributed by atoms with Crippen molar-refractivity contribution in [1.29, 1.82) is 0 Å². The van der Waals surface area contributed by atoms with E-state index in [-0.39, 0.29) is 0 Å². The summed E-state index contributed by atoms with van der Waals surface area (Å²) in [7, 11) is 0. The first-order valence-electron chi connectivity index (χ1n) is 6.34. The van der Waals surface area contributed by atoms with Crippen molar-refractivity contribution in [2.24, 2.45) is 5.73 Å². The number of carbonyl (C=O) groups is 1. The molecule has 106 valence electrons. The van der Waals surface area contributed by atoms with Crippen LogP contribution in [0.4, 0.5) is 0 Å². The minimum Gasteiger partial charge on any atom is -0.493 e. The van der Waals surface area contributed by atoms with Crippen molar-refractivity contribution in [1.82, 2.24) is 0 Å². The number of thioether (sulfide) groups is 1. The molecule has 0 amide bonds. The van der Waals surface area contributed by atoms with Gasteiger partial charge in [0.25, 0.3) is 0 Å². The summed E-state index contributed by atoms with van der Waals surface area (Å²) in [6, 6.07) is 13.3. The molecule has 0 aliphatic carbocycles. The zero-order chi connectivity index (χ0) is 14.4. The van der Waals surface area contributed by atoms with Crippen LogP contribution >= 0.6 is 11.8 Å². The molecule has 0 bridgehead atoms. The Morgan fingerprint density at radius 3 is 2.75 bits per heavy atom. The Balaban J connectivity index is 1.77. The van der Waals surface area contributed by atoms with Crippen molar-refractivity contribution in [2.75, 3.05) is 18.1 Å². The van der Waals surface area contributed by atoms with E-state index < -0.39 is 12.0 Å². The van der Waals surface area contributed by atoms with Crippen molar-refractivity contribution in [3.05, 3.63) is 42.5 Å². The van der Waals surface area contributed by atoms with Crippen LogP contribution in [0, 0.1) is 0 Å². The molecule has 2 aromatic rings. The first kappa shape index (κ1) is 14.7. The Hall–Kier alpha value is -1.72. The van der Waals surface area contributed by atoms with Gasteiger partial charge in [-0.3, -0.25) is 4.79 Å². The molecule has 0 spiro atoms. The van der Waals surface area contributed by atoms with Crippen molar-refractivity contribution < 1.29 is 14.6 Å². The second kappa shape index (κ2) is 7.17. The van der Waals surface area contributed by atoms with E-state index in [2.05, 4.69) is 6.07 Å². The van der Waals surface area contributed by atoms with E-state index in [9.17, 15) is 4.79 Å². The van der Waals surface area contributed by atoms with Crippen LogP contribution in [0.5, 0.6) is 5.75 Å². The molecule has 1 atom stereocenters. The van der Waals surface area contributed by atoms with Gasteiger partial charge in [-0.15, -0.1) is 0 Å². The van der Waals surface area contributed by atoms with Gasteiger partial charge in [-0.1, -0.05) is 30.3 Å². The fourth-order valence-corrected chi connectivity index (χ4v) is 2.52. The standard InChI is InChI=1S/C15H17NO3S/c16-14(15(17)18)10-20-8-7-19-13-6-5-11-3-1-2-4-12(11)9-13/h1-6,9,14H,7-8,10,16H2,(H,17,18)/t14-/m1/s1. The molecule has 0 unspecified atom stereocenters. The molecule has 0 aliphatic rings. The number of rotatable bonds is 7. The lowest BCUT2D eigenvalue weighted by Gasteiger charge is -2.08. The van der Waals surface area contributed by atoms with Gasteiger partial charge in [0.15, 0.2) is 0 Å². The van der Waals surface area contributed by atoms with Crippen molar-refractivity contribution in [2.45, 2.75) is 6.04 Å². The molecule has 0 heterocycles. The lowest BCUT2D eigenvalue weighted by Crippen LogP contribution is -2.32. The van der Waals surface area contributed by atoms with Crippen LogP contribution in [-0.2, 0) is 4.79 Å². The van der Waals surface area contributed by atoms with Crippen LogP contribution in [0.25, 0.3) is 10.8 Å². The number of carboxylic acid groups (broad SMARTS) is 1. The van der Waals surface area contributed by atoms with Gasteiger partial charge >= 0.3 is 5.97 Å². The number of hydrogen-bond donors (Lipinski definition) is 2. The van der Waals surface area contributed by atoms with Crippen LogP contribution in [0.1, 0.15) is 0 Å². The lowest BCUT2D eigenvalue weighted by atomic mass is 10.1. The number of benzene rings is 2. The molecule has 0 saturated heterocycles. The zero-order valence-electron chi connectivity index (χ0n) is 11.0. The van der Waals surface area contributed by atoms with Crippen molar-refractivity contribution in [3.8, 4) is 5.75 Å². The van der Waals surface area contributed by atoms with Gasteiger partial charge in [0.1, 0.15) is 11.8 Å². The van der Waals surface area contributed by atoms with E-state index in [0.717, 1.165) is 11.1 Å². The first-order valence-corrected chi connectivity index (χ1v) is 7.50. The highest BCUT2D eigenvalue weighted by Crippen LogP contribution is 2.20. The number of carboxylic acids is 1. The molecule has 0 fully saturated rings. The average molecular weight is 291 g/mol. The Bertz CT molecular complexity index is 588. The Morgan fingerprint density at radius 2 is 2.00 bits per heavy atom. The minimum absolute atomic E-state index is 0.399. The van der Waals surface area contributed by atoms with E-state index in [1.807, 2.05) is 36.4 Å².